The molecule has 1 aliphatic carbocycles. The van der Waals surface area contributed by atoms with Crippen LogP contribution in [-0.2, 0) is 0 Å². The molecule has 0 radical (unpaired) electrons. The van der Waals surface area contributed by atoms with Gasteiger partial charge in [-0.25, -0.2) is 4.98 Å². The molecule has 1 heterocycles. The van der Waals surface area contributed by atoms with Gasteiger partial charge >= 0.3 is 0 Å². The summed E-state index contributed by atoms with van der Waals surface area (Å²) in [4.78, 5) is 16.2. The first-order valence-corrected chi connectivity index (χ1v) is 7.11. The van der Waals surface area contributed by atoms with Gasteiger partial charge in [-0.2, -0.15) is 0 Å². The van der Waals surface area contributed by atoms with Gasteiger partial charge in [-0.05, 0) is 24.3 Å². The number of aromatic nitrogens is 1. The lowest BCUT2D eigenvalue weighted by atomic mass is 9.98. The van der Waals surface area contributed by atoms with E-state index in [-0.39, 0.29) is 5.91 Å². The zero-order valence-electron chi connectivity index (χ0n) is 11.4. The predicted molar refractivity (Wildman–Crippen MR) is 77.6 cm³/mol. The molecule has 0 bridgehead atoms. The molecule has 1 aromatic rings. The van der Waals surface area contributed by atoms with Crippen LogP contribution in [0, 0.1) is 11.8 Å². The summed E-state index contributed by atoms with van der Waals surface area (Å²) in [6.07, 6.45) is 5.23. The highest BCUT2D eigenvalue weighted by Gasteiger charge is 2.24. The van der Waals surface area contributed by atoms with Crippen molar-refractivity contribution in [1.82, 2.24) is 10.3 Å². The Balaban J connectivity index is 1.99. The lowest BCUT2D eigenvalue weighted by Gasteiger charge is -2.16. The fraction of sp³-hybridized carbons (Fsp3) is 0.571. The van der Waals surface area contributed by atoms with Crippen molar-refractivity contribution >= 4 is 23.3 Å². The summed E-state index contributed by atoms with van der Waals surface area (Å²) in [6.45, 7) is 2.98. The standard InChI is InChI=1S/C14H20ClN3O/c1-9-4-3-5-10(9)7-18-14(19)11-6-13(16-2)17-8-12(11)15/h6,8-10H,3-5,7H2,1-2H3,(H,16,17)(H,18,19). The average molecular weight is 282 g/mol. The molecule has 2 rings (SSSR count). The fourth-order valence-corrected chi connectivity index (χ4v) is 2.78. The van der Waals surface area contributed by atoms with E-state index in [0.29, 0.717) is 28.2 Å². The molecule has 1 saturated carbocycles. The van der Waals surface area contributed by atoms with E-state index < -0.39 is 0 Å². The lowest BCUT2D eigenvalue weighted by Crippen LogP contribution is -2.30. The monoisotopic (exact) mass is 281 g/mol. The molecule has 4 nitrogen and oxygen atoms in total. The highest BCUT2D eigenvalue weighted by atomic mass is 35.5. The Bertz CT molecular complexity index is 464. The van der Waals surface area contributed by atoms with Gasteiger partial charge in [0.15, 0.2) is 0 Å². The normalized spacial score (nSPS) is 22.3. The number of nitrogens with one attached hydrogen (secondary N) is 2. The molecule has 1 fully saturated rings. The number of rotatable bonds is 4. The number of pyridine rings is 1. The summed E-state index contributed by atoms with van der Waals surface area (Å²) >= 11 is 6.02. The highest BCUT2D eigenvalue weighted by molar-refractivity contribution is 6.33. The van der Waals surface area contributed by atoms with Crippen LogP contribution in [0.25, 0.3) is 0 Å². The summed E-state index contributed by atoms with van der Waals surface area (Å²) in [5.74, 6) is 1.81. The van der Waals surface area contributed by atoms with Crippen molar-refractivity contribution in [2.24, 2.45) is 11.8 Å². The molecule has 2 atom stereocenters. The Morgan fingerprint density at radius 2 is 2.32 bits per heavy atom. The number of halogens is 1. The molecule has 5 heteroatoms. The second-order valence-corrected chi connectivity index (χ2v) is 5.58. The third kappa shape index (κ3) is 3.38. The van der Waals surface area contributed by atoms with E-state index in [1.807, 2.05) is 0 Å². The van der Waals surface area contributed by atoms with Gasteiger partial charge in [0.25, 0.3) is 5.91 Å². The number of amides is 1. The molecular formula is C14H20ClN3O. The van der Waals surface area contributed by atoms with Gasteiger partial charge in [-0.3, -0.25) is 4.79 Å². The molecule has 2 N–H and O–H groups in total. The zero-order chi connectivity index (χ0) is 13.8. The van der Waals surface area contributed by atoms with E-state index in [2.05, 4.69) is 22.5 Å². The van der Waals surface area contributed by atoms with E-state index in [9.17, 15) is 4.79 Å². The van der Waals surface area contributed by atoms with Crippen LogP contribution in [0.1, 0.15) is 36.5 Å². The van der Waals surface area contributed by atoms with E-state index in [4.69, 9.17) is 11.6 Å². The van der Waals surface area contributed by atoms with Gasteiger partial charge < -0.3 is 10.6 Å². The molecule has 1 aliphatic rings. The van der Waals surface area contributed by atoms with Crippen LogP contribution in [0.2, 0.25) is 5.02 Å². The van der Waals surface area contributed by atoms with Crippen molar-refractivity contribution in [3.8, 4) is 0 Å². The van der Waals surface area contributed by atoms with Crippen LogP contribution in [0.15, 0.2) is 12.3 Å². The van der Waals surface area contributed by atoms with Gasteiger partial charge in [0, 0.05) is 19.8 Å². The van der Waals surface area contributed by atoms with Crippen molar-refractivity contribution < 1.29 is 4.79 Å². The third-order valence-corrected chi connectivity index (χ3v) is 4.22. The molecule has 1 amide bonds. The number of nitrogens with zero attached hydrogens (tertiary/aromatic N) is 1. The third-order valence-electron chi connectivity index (χ3n) is 3.92. The van der Waals surface area contributed by atoms with Crippen molar-refractivity contribution in [3.05, 3.63) is 22.8 Å². The summed E-state index contributed by atoms with van der Waals surface area (Å²) in [5.41, 5.74) is 0.478. The van der Waals surface area contributed by atoms with Crippen LogP contribution in [0.5, 0.6) is 0 Å². The Hall–Kier alpha value is -1.29. The molecule has 0 saturated heterocycles. The molecule has 104 valence electrons. The largest absolute Gasteiger partial charge is 0.373 e. The number of hydrogen-bond donors (Lipinski definition) is 2. The van der Waals surface area contributed by atoms with Crippen molar-refractivity contribution in [2.75, 3.05) is 18.9 Å². The Kier molecular flexibility index (Phi) is 4.64. The van der Waals surface area contributed by atoms with Crippen LogP contribution < -0.4 is 10.6 Å². The molecular weight excluding hydrogens is 262 g/mol. The van der Waals surface area contributed by atoms with Gasteiger partial charge in [0.05, 0.1) is 10.6 Å². The van der Waals surface area contributed by atoms with Crippen molar-refractivity contribution in [2.45, 2.75) is 26.2 Å². The minimum absolute atomic E-state index is 0.122. The molecule has 0 aliphatic heterocycles. The summed E-state index contributed by atoms with van der Waals surface area (Å²) in [6, 6.07) is 1.68. The second-order valence-electron chi connectivity index (χ2n) is 5.18. The van der Waals surface area contributed by atoms with Gasteiger partial charge in [0.2, 0.25) is 0 Å². The van der Waals surface area contributed by atoms with E-state index in [1.54, 1.807) is 13.1 Å². The first kappa shape index (κ1) is 14.1. The second kappa shape index (κ2) is 6.24. The van der Waals surface area contributed by atoms with Crippen LogP contribution in [0.3, 0.4) is 0 Å². The topological polar surface area (TPSA) is 54.0 Å². The first-order chi connectivity index (χ1) is 9.11. The molecule has 19 heavy (non-hydrogen) atoms. The number of carbonyl (C=O) groups excluding carboxylic acids is 1. The van der Waals surface area contributed by atoms with Gasteiger partial charge in [-0.15, -0.1) is 0 Å². The SMILES string of the molecule is CNc1cc(C(=O)NCC2CCCC2C)c(Cl)cn1. The summed E-state index contributed by atoms with van der Waals surface area (Å²) in [7, 11) is 1.76. The van der Waals surface area contributed by atoms with Gasteiger partial charge in [-0.1, -0.05) is 31.4 Å². The maximum Gasteiger partial charge on any atom is 0.253 e. The molecule has 2 unspecified atom stereocenters. The predicted octanol–water partition coefficient (Wildman–Crippen LogP) is 2.94. The minimum atomic E-state index is -0.122. The van der Waals surface area contributed by atoms with Crippen molar-refractivity contribution in [1.29, 1.82) is 0 Å². The van der Waals surface area contributed by atoms with Gasteiger partial charge in [0.1, 0.15) is 5.82 Å². The maximum atomic E-state index is 12.1. The number of hydrogen-bond acceptors (Lipinski definition) is 3. The summed E-state index contributed by atoms with van der Waals surface area (Å²) < 4.78 is 0. The Labute approximate surface area is 118 Å². The maximum absolute atomic E-state index is 12.1. The summed E-state index contributed by atoms with van der Waals surface area (Å²) in [5, 5.41) is 6.27. The quantitative estimate of drug-likeness (QED) is 0.892. The van der Waals surface area contributed by atoms with E-state index in [0.717, 1.165) is 6.54 Å². The average Bonchev–Trinajstić information content (AvgIpc) is 2.82. The lowest BCUT2D eigenvalue weighted by molar-refractivity contribution is 0.0944. The van der Waals surface area contributed by atoms with Crippen LogP contribution >= 0.6 is 11.6 Å². The number of anilines is 1. The van der Waals surface area contributed by atoms with Crippen LogP contribution in [-0.4, -0.2) is 24.5 Å². The fourth-order valence-electron chi connectivity index (χ4n) is 2.59. The minimum Gasteiger partial charge on any atom is -0.373 e. The molecule has 1 aromatic heterocycles. The van der Waals surface area contributed by atoms with E-state index in [1.165, 1.54) is 25.5 Å². The van der Waals surface area contributed by atoms with Crippen molar-refractivity contribution in [3.63, 3.8) is 0 Å². The molecule has 0 aromatic carbocycles. The van der Waals surface area contributed by atoms with E-state index >= 15 is 0 Å². The Morgan fingerprint density at radius 3 is 2.95 bits per heavy atom. The Morgan fingerprint density at radius 1 is 1.53 bits per heavy atom. The highest BCUT2D eigenvalue weighted by Crippen LogP contribution is 2.30. The molecule has 0 spiro atoms. The first-order valence-electron chi connectivity index (χ1n) is 6.73. The smallest absolute Gasteiger partial charge is 0.253 e. The number of carbonyl (C=O) groups is 1. The van der Waals surface area contributed by atoms with Crippen LogP contribution in [0.4, 0.5) is 5.82 Å². The zero-order valence-corrected chi connectivity index (χ0v) is 12.1.